The van der Waals surface area contributed by atoms with Gasteiger partial charge >= 0.3 is 16.4 Å². The van der Waals surface area contributed by atoms with Gasteiger partial charge in [0.15, 0.2) is 6.29 Å². The van der Waals surface area contributed by atoms with Crippen LogP contribution in [0.3, 0.4) is 0 Å². The van der Waals surface area contributed by atoms with Gasteiger partial charge in [-0.1, -0.05) is 197 Å². The molecule has 0 aromatic heterocycles. The Morgan fingerprint density at radius 2 is 0.971 bits per heavy atom. The highest BCUT2D eigenvalue weighted by molar-refractivity contribution is 7.80. The Balaban J connectivity index is 2.34. The van der Waals surface area contributed by atoms with Crippen LogP contribution in [0, 0.1) is 0 Å². The van der Waals surface area contributed by atoms with Crippen LogP contribution in [0.1, 0.15) is 232 Å². The van der Waals surface area contributed by atoms with E-state index in [2.05, 4.69) is 66.6 Å². The van der Waals surface area contributed by atoms with Crippen LogP contribution >= 0.6 is 0 Å². The van der Waals surface area contributed by atoms with Gasteiger partial charge in [0.05, 0.1) is 19.8 Å². The van der Waals surface area contributed by atoms with E-state index in [0.717, 1.165) is 57.8 Å². The molecule has 0 bridgehead atoms. The number of carbonyl (C=O) groups is 1. The van der Waals surface area contributed by atoms with E-state index in [-0.39, 0.29) is 19.6 Å². The Morgan fingerprint density at radius 3 is 1.46 bits per heavy atom. The minimum atomic E-state index is -5.07. The molecule has 12 nitrogen and oxygen atoms in total. The summed E-state index contributed by atoms with van der Waals surface area (Å²) in [5.74, 6) is -0.404. The van der Waals surface area contributed by atoms with Crippen molar-refractivity contribution < 1.29 is 56.2 Å². The van der Waals surface area contributed by atoms with Crippen LogP contribution in [0.4, 0.5) is 0 Å². The molecule has 0 aromatic rings. The predicted octanol–water partition coefficient (Wildman–Crippen LogP) is 13.1. The van der Waals surface area contributed by atoms with Crippen molar-refractivity contribution in [2.24, 2.45) is 0 Å². The molecule has 1 fully saturated rings. The SMILES string of the molecule is CCCCC/C=C\C/C=C\C/C=C\CCCCCCCCCOCC(COC1OC(CO)C(O)C(OS(=O)(=O)O)C1O)OC(=O)CCCCCCCCCCC/C=C\CCCCCCCCCC. The number of rotatable bonds is 48. The number of carbonyl (C=O) groups excluding carboxylic acids is 1. The van der Waals surface area contributed by atoms with Crippen molar-refractivity contribution in [3.8, 4) is 0 Å². The van der Waals surface area contributed by atoms with Gasteiger partial charge < -0.3 is 34.3 Å². The highest BCUT2D eigenvalue weighted by Crippen LogP contribution is 2.26. The Morgan fingerprint density at radius 1 is 0.559 bits per heavy atom. The zero-order valence-corrected chi connectivity index (χ0v) is 43.7. The van der Waals surface area contributed by atoms with E-state index in [9.17, 15) is 33.1 Å². The van der Waals surface area contributed by atoms with Gasteiger partial charge in [0.2, 0.25) is 0 Å². The Bertz CT molecular complexity index is 1370. The number of aliphatic hydroxyl groups excluding tert-OH is 3. The van der Waals surface area contributed by atoms with Gasteiger partial charge in [-0.3, -0.25) is 9.35 Å². The van der Waals surface area contributed by atoms with Crippen LogP contribution in [0.5, 0.6) is 0 Å². The Kier molecular flexibility index (Phi) is 43.5. The maximum absolute atomic E-state index is 12.9. The van der Waals surface area contributed by atoms with Crippen LogP contribution in [-0.4, -0.2) is 97.5 Å². The van der Waals surface area contributed by atoms with Crippen molar-refractivity contribution in [3.05, 3.63) is 48.6 Å². The lowest BCUT2D eigenvalue weighted by Crippen LogP contribution is -2.60. The first kappa shape index (κ1) is 64.1. The minimum absolute atomic E-state index is 0.0284. The highest BCUT2D eigenvalue weighted by atomic mass is 32.3. The number of ether oxygens (including phenoxy) is 4. The largest absolute Gasteiger partial charge is 0.457 e. The lowest BCUT2D eigenvalue weighted by molar-refractivity contribution is -0.301. The van der Waals surface area contributed by atoms with E-state index in [0.29, 0.717) is 13.0 Å². The fourth-order valence-corrected chi connectivity index (χ4v) is 8.77. The summed E-state index contributed by atoms with van der Waals surface area (Å²) < 4.78 is 59.3. The number of aliphatic hydroxyl groups is 3. The molecule has 1 heterocycles. The predicted molar refractivity (Wildman–Crippen MR) is 276 cm³/mol. The quantitative estimate of drug-likeness (QED) is 0.0197. The summed E-state index contributed by atoms with van der Waals surface area (Å²) in [6, 6.07) is 0. The fourth-order valence-electron chi connectivity index (χ4n) is 8.26. The molecule has 1 aliphatic heterocycles. The third-order valence-electron chi connectivity index (χ3n) is 12.4. The molecule has 68 heavy (non-hydrogen) atoms. The fraction of sp³-hybridized carbons (Fsp3) is 0.836. The van der Waals surface area contributed by atoms with Crippen molar-refractivity contribution >= 4 is 16.4 Å². The number of allylic oxidation sites excluding steroid dienone is 8. The Labute approximate surface area is 415 Å². The topological polar surface area (TPSA) is 178 Å². The van der Waals surface area contributed by atoms with E-state index >= 15 is 0 Å². The van der Waals surface area contributed by atoms with Crippen molar-refractivity contribution in [1.82, 2.24) is 0 Å². The molecular formula is C55H100O12S. The van der Waals surface area contributed by atoms with Gasteiger partial charge in [0.25, 0.3) is 0 Å². The van der Waals surface area contributed by atoms with Crippen LogP contribution in [0.15, 0.2) is 48.6 Å². The molecule has 398 valence electrons. The van der Waals surface area contributed by atoms with Gasteiger partial charge in [-0.05, 0) is 77.0 Å². The molecule has 0 spiro atoms. The van der Waals surface area contributed by atoms with E-state index < -0.39 is 59.8 Å². The van der Waals surface area contributed by atoms with Gasteiger partial charge in [-0.15, -0.1) is 0 Å². The summed E-state index contributed by atoms with van der Waals surface area (Å²) in [6.07, 6.45) is 48.5. The molecule has 0 amide bonds. The minimum Gasteiger partial charge on any atom is -0.457 e. The monoisotopic (exact) mass is 985 g/mol. The summed E-state index contributed by atoms with van der Waals surface area (Å²) in [5, 5.41) is 30.8. The molecule has 1 rings (SSSR count). The maximum atomic E-state index is 12.9. The molecule has 13 heteroatoms. The lowest BCUT2D eigenvalue weighted by Gasteiger charge is -2.41. The van der Waals surface area contributed by atoms with Crippen molar-refractivity contribution in [2.45, 2.75) is 269 Å². The van der Waals surface area contributed by atoms with Gasteiger partial charge in [0.1, 0.15) is 30.5 Å². The number of unbranched alkanes of at least 4 members (excludes halogenated alkanes) is 27. The lowest BCUT2D eigenvalue weighted by atomic mass is 9.99. The third-order valence-corrected chi connectivity index (χ3v) is 12.9. The van der Waals surface area contributed by atoms with E-state index in [1.165, 1.54) is 148 Å². The number of esters is 1. The second kappa shape index (κ2) is 46.2. The number of hydrogen-bond acceptors (Lipinski definition) is 11. The molecular weight excluding hydrogens is 885 g/mol. The molecule has 0 aliphatic carbocycles. The summed E-state index contributed by atoms with van der Waals surface area (Å²) in [5.41, 5.74) is 0. The van der Waals surface area contributed by atoms with Crippen LogP contribution in [0.25, 0.3) is 0 Å². The van der Waals surface area contributed by atoms with Gasteiger partial charge in [-0.25, -0.2) is 4.18 Å². The molecule has 4 N–H and O–H groups in total. The average molecular weight is 985 g/mol. The molecule has 0 aromatic carbocycles. The Hall–Kier alpha value is -1.94. The van der Waals surface area contributed by atoms with Crippen molar-refractivity contribution in [1.29, 1.82) is 0 Å². The van der Waals surface area contributed by atoms with Crippen LogP contribution in [-0.2, 0) is 38.3 Å². The summed E-state index contributed by atoms with van der Waals surface area (Å²) in [6.45, 7) is 3.97. The molecule has 0 saturated carbocycles. The van der Waals surface area contributed by atoms with E-state index in [1.54, 1.807) is 0 Å². The first-order valence-corrected chi connectivity index (χ1v) is 28.8. The standard InChI is InChI=1S/C55H100O12S/c1-3-5-7-9-11-13-15-17-19-21-23-25-26-28-30-32-34-36-38-40-42-44-51(57)65-49(48-64-55-53(59)54(67-68(60,61)62)52(58)50(46-56)66-55)47-63-45-43-41-39-37-35-33-31-29-27-24-22-20-18-16-14-12-10-8-6-4-2/h12,14,18,20-21,23-24,27,49-50,52-56,58-59H,3-11,13,15-17,19,22,25-26,28-48H2,1-2H3,(H,60,61,62)/b14-12-,20-18-,23-21-,27-24-. The van der Waals surface area contributed by atoms with Gasteiger partial charge in [-0.2, -0.15) is 8.42 Å². The van der Waals surface area contributed by atoms with Gasteiger partial charge in [0, 0.05) is 13.0 Å². The van der Waals surface area contributed by atoms with Crippen molar-refractivity contribution in [2.75, 3.05) is 26.4 Å². The zero-order chi connectivity index (χ0) is 49.6. The molecule has 0 radical (unpaired) electrons. The normalized spacial score (nSPS) is 19.6. The first-order valence-electron chi connectivity index (χ1n) is 27.4. The number of hydrogen-bond donors (Lipinski definition) is 4. The second-order valence-corrected chi connectivity index (χ2v) is 19.9. The molecule has 1 saturated heterocycles. The third kappa shape index (κ3) is 38.8. The first-order chi connectivity index (χ1) is 33.1. The summed E-state index contributed by atoms with van der Waals surface area (Å²) >= 11 is 0. The van der Waals surface area contributed by atoms with Crippen molar-refractivity contribution in [3.63, 3.8) is 0 Å². The molecule has 1 aliphatic rings. The van der Waals surface area contributed by atoms with E-state index in [4.69, 9.17) is 18.9 Å². The molecule has 6 unspecified atom stereocenters. The van der Waals surface area contributed by atoms with Crippen LogP contribution < -0.4 is 0 Å². The van der Waals surface area contributed by atoms with Crippen LogP contribution in [0.2, 0.25) is 0 Å². The maximum Gasteiger partial charge on any atom is 0.397 e. The molecule has 6 atom stereocenters. The second-order valence-electron chi connectivity index (χ2n) is 18.8. The smallest absolute Gasteiger partial charge is 0.397 e. The zero-order valence-electron chi connectivity index (χ0n) is 42.9. The summed E-state index contributed by atoms with van der Waals surface area (Å²) in [7, 11) is -5.07. The highest BCUT2D eigenvalue weighted by Gasteiger charge is 2.48. The summed E-state index contributed by atoms with van der Waals surface area (Å²) in [4.78, 5) is 12.9. The average Bonchev–Trinajstić information content (AvgIpc) is 3.31. The van der Waals surface area contributed by atoms with E-state index in [1.807, 2.05) is 0 Å².